The monoisotopic (exact) mass is 378 g/mol. The fourth-order valence-corrected chi connectivity index (χ4v) is 3.54. The van der Waals surface area contributed by atoms with Gasteiger partial charge in [-0.2, -0.15) is 0 Å². The number of carbonyl (C=O) groups is 3. The maximum Gasteiger partial charge on any atom is 0.316 e. The molecule has 27 heavy (non-hydrogen) atoms. The van der Waals surface area contributed by atoms with Gasteiger partial charge in [0.2, 0.25) is 0 Å². The van der Waals surface area contributed by atoms with Gasteiger partial charge in [0.15, 0.2) is 5.78 Å². The Labute approximate surface area is 159 Å². The van der Waals surface area contributed by atoms with E-state index in [2.05, 4.69) is 10.3 Å². The van der Waals surface area contributed by atoms with Crippen molar-refractivity contribution in [2.24, 2.45) is 0 Å². The van der Waals surface area contributed by atoms with Crippen LogP contribution >= 0.6 is 0 Å². The van der Waals surface area contributed by atoms with E-state index in [-0.39, 0.29) is 24.3 Å². The first-order valence-corrected chi connectivity index (χ1v) is 9.22. The van der Waals surface area contributed by atoms with E-state index in [4.69, 9.17) is 0 Å². The molecule has 0 aliphatic carbocycles. The fraction of sp³-hybridized carbons (Fsp3) is 0.632. The lowest BCUT2D eigenvalue weighted by Gasteiger charge is -2.28. The van der Waals surface area contributed by atoms with Crippen molar-refractivity contribution in [3.05, 3.63) is 22.5 Å². The fourth-order valence-electron chi connectivity index (χ4n) is 3.54. The number of urea groups is 1. The highest BCUT2D eigenvalue weighted by Gasteiger charge is 2.33. The number of nitrogens with zero attached hydrogens (tertiary/aromatic N) is 2. The Morgan fingerprint density at radius 1 is 1.22 bits per heavy atom. The third kappa shape index (κ3) is 4.68. The van der Waals surface area contributed by atoms with E-state index in [1.165, 1.54) is 11.8 Å². The Bertz CT molecular complexity index is 740. The highest BCUT2D eigenvalue weighted by Crippen LogP contribution is 2.25. The van der Waals surface area contributed by atoms with Crippen molar-refractivity contribution < 1.29 is 19.5 Å². The molecule has 0 radical (unpaired) electrons. The van der Waals surface area contributed by atoms with Gasteiger partial charge < -0.3 is 25.2 Å². The molecule has 1 unspecified atom stereocenters. The molecule has 1 saturated heterocycles. The van der Waals surface area contributed by atoms with Crippen LogP contribution in [0.2, 0.25) is 0 Å². The molecule has 8 nitrogen and oxygen atoms in total. The number of H-pyrrole nitrogens is 1. The van der Waals surface area contributed by atoms with Crippen LogP contribution in [0.4, 0.5) is 4.79 Å². The molecule has 1 fully saturated rings. The first-order valence-electron chi connectivity index (χ1n) is 9.22. The van der Waals surface area contributed by atoms with Gasteiger partial charge in [0.25, 0.3) is 5.91 Å². The van der Waals surface area contributed by atoms with Crippen molar-refractivity contribution in [1.82, 2.24) is 20.1 Å². The number of rotatable bonds is 4. The van der Waals surface area contributed by atoms with Crippen LogP contribution in [-0.4, -0.2) is 76.9 Å². The number of aromatic amines is 1. The quantitative estimate of drug-likeness (QED) is 0.690. The van der Waals surface area contributed by atoms with Crippen LogP contribution in [0.25, 0.3) is 0 Å². The second-order valence-corrected chi connectivity index (χ2v) is 7.60. The molecule has 1 aliphatic rings. The van der Waals surface area contributed by atoms with E-state index < -0.39 is 5.60 Å². The van der Waals surface area contributed by atoms with Crippen LogP contribution in [0.3, 0.4) is 0 Å². The smallest absolute Gasteiger partial charge is 0.316 e. The van der Waals surface area contributed by atoms with E-state index in [1.54, 1.807) is 32.8 Å². The van der Waals surface area contributed by atoms with Gasteiger partial charge in [0.1, 0.15) is 0 Å². The summed E-state index contributed by atoms with van der Waals surface area (Å²) in [5.74, 6) is -0.230. The number of aryl methyl sites for hydroxylation is 1. The molecule has 1 atom stereocenters. The Balaban J connectivity index is 2.09. The average molecular weight is 378 g/mol. The number of amides is 3. The molecule has 150 valence electrons. The van der Waals surface area contributed by atoms with Gasteiger partial charge in [0, 0.05) is 46.3 Å². The van der Waals surface area contributed by atoms with Gasteiger partial charge in [-0.3, -0.25) is 9.59 Å². The minimum absolute atomic E-state index is 0.100. The zero-order valence-electron chi connectivity index (χ0n) is 16.8. The van der Waals surface area contributed by atoms with Gasteiger partial charge in [-0.25, -0.2) is 4.79 Å². The summed E-state index contributed by atoms with van der Waals surface area (Å²) in [5.41, 5.74) is 1.32. The summed E-state index contributed by atoms with van der Waals surface area (Å²) in [6.07, 6.45) is 1.53. The highest BCUT2D eigenvalue weighted by molar-refractivity contribution is 6.02. The molecule has 1 aromatic rings. The van der Waals surface area contributed by atoms with E-state index in [1.807, 2.05) is 0 Å². The number of carbonyl (C=O) groups excluding carboxylic acids is 3. The van der Waals surface area contributed by atoms with Crippen molar-refractivity contribution in [3.63, 3.8) is 0 Å². The summed E-state index contributed by atoms with van der Waals surface area (Å²) in [7, 11) is 3.29. The summed E-state index contributed by atoms with van der Waals surface area (Å²) in [6, 6.07) is -0.254. The van der Waals surface area contributed by atoms with Crippen molar-refractivity contribution in [2.75, 3.05) is 33.7 Å². The predicted octanol–water partition coefficient (Wildman–Crippen LogP) is 1.46. The molecule has 0 bridgehead atoms. The predicted molar refractivity (Wildman–Crippen MR) is 102 cm³/mol. The number of ketones is 1. The van der Waals surface area contributed by atoms with Gasteiger partial charge in [-0.1, -0.05) is 0 Å². The third-order valence-corrected chi connectivity index (χ3v) is 5.18. The third-order valence-electron chi connectivity index (χ3n) is 5.18. The minimum Gasteiger partial charge on any atom is -0.388 e. The molecule has 8 heteroatoms. The molecule has 1 aromatic heterocycles. The molecule has 1 aliphatic heterocycles. The average Bonchev–Trinajstić information content (AvgIpc) is 2.77. The van der Waals surface area contributed by atoms with Crippen LogP contribution in [0, 0.1) is 13.8 Å². The number of Topliss-reactive ketones (excluding diaryl/α,β-unsaturated/α-hetero) is 1. The Hall–Kier alpha value is -2.35. The van der Waals surface area contributed by atoms with Crippen molar-refractivity contribution in [2.45, 2.75) is 45.6 Å². The standard InChI is InChI=1S/C19H30N4O4/c1-12-15(13(2)21-16(12)14(3)24)17(25)23-9-6-7-19(27,8-10-23)11-20-18(26)22(4)5/h21,27H,6-11H2,1-5H3,(H,20,26). The molecule has 2 rings (SSSR count). The molecular weight excluding hydrogens is 348 g/mol. The number of hydrogen-bond acceptors (Lipinski definition) is 4. The van der Waals surface area contributed by atoms with E-state index >= 15 is 0 Å². The van der Waals surface area contributed by atoms with Crippen molar-refractivity contribution in [3.8, 4) is 0 Å². The van der Waals surface area contributed by atoms with Crippen molar-refractivity contribution >= 4 is 17.7 Å². The molecule has 2 heterocycles. The van der Waals surface area contributed by atoms with Gasteiger partial charge in [-0.05, 0) is 38.7 Å². The summed E-state index contributed by atoms with van der Waals surface area (Å²) in [5, 5.41) is 13.5. The van der Waals surface area contributed by atoms with E-state index in [0.717, 1.165) is 0 Å². The molecule has 0 aromatic carbocycles. The number of aromatic nitrogens is 1. The number of nitrogens with one attached hydrogen (secondary N) is 2. The topological polar surface area (TPSA) is 106 Å². The number of hydrogen-bond donors (Lipinski definition) is 3. The largest absolute Gasteiger partial charge is 0.388 e. The van der Waals surface area contributed by atoms with E-state index in [9.17, 15) is 19.5 Å². The first-order chi connectivity index (χ1) is 12.6. The number of aliphatic hydroxyl groups is 1. The lowest BCUT2D eigenvalue weighted by molar-refractivity contribution is 0.0271. The Kier molecular flexibility index (Phi) is 6.30. The molecule has 3 amide bonds. The second kappa shape index (κ2) is 8.12. The summed E-state index contributed by atoms with van der Waals surface area (Å²) < 4.78 is 0. The number of likely N-dealkylation sites (tertiary alicyclic amines) is 1. The summed E-state index contributed by atoms with van der Waals surface area (Å²) in [4.78, 5) is 42.6. The zero-order valence-corrected chi connectivity index (χ0v) is 16.8. The molecule has 0 spiro atoms. The highest BCUT2D eigenvalue weighted by atomic mass is 16.3. The van der Waals surface area contributed by atoms with Gasteiger partial charge in [0.05, 0.1) is 16.9 Å². The summed E-state index contributed by atoms with van der Waals surface area (Å²) in [6.45, 7) is 6.12. The SMILES string of the molecule is CC(=O)c1[nH]c(C)c(C(=O)N2CCCC(O)(CNC(=O)N(C)C)CC2)c1C. The maximum atomic E-state index is 13.0. The zero-order chi connectivity index (χ0) is 20.4. The van der Waals surface area contributed by atoms with Crippen LogP contribution in [0.1, 0.15) is 58.3 Å². The van der Waals surface area contributed by atoms with Gasteiger partial charge >= 0.3 is 6.03 Å². The molecule has 0 saturated carbocycles. The van der Waals surface area contributed by atoms with E-state index in [0.29, 0.717) is 54.9 Å². The van der Waals surface area contributed by atoms with Crippen LogP contribution < -0.4 is 5.32 Å². The maximum absolute atomic E-state index is 13.0. The van der Waals surface area contributed by atoms with Crippen LogP contribution in [-0.2, 0) is 0 Å². The Morgan fingerprint density at radius 3 is 2.44 bits per heavy atom. The molecule has 3 N–H and O–H groups in total. The lowest BCUT2D eigenvalue weighted by Crippen LogP contribution is -2.46. The van der Waals surface area contributed by atoms with Gasteiger partial charge in [-0.15, -0.1) is 0 Å². The molecular formula is C19H30N4O4. The van der Waals surface area contributed by atoms with Crippen LogP contribution in [0.15, 0.2) is 0 Å². The Morgan fingerprint density at radius 2 is 1.89 bits per heavy atom. The summed E-state index contributed by atoms with van der Waals surface area (Å²) >= 11 is 0. The minimum atomic E-state index is -1.03. The second-order valence-electron chi connectivity index (χ2n) is 7.60. The van der Waals surface area contributed by atoms with Crippen molar-refractivity contribution in [1.29, 1.82) is 0 Å². The lowest BCUT2D eigenvalue weighted by atomic mass is 9.95. The first kappa shape index (κ1) is 21.0. The van der Waals surface area contributed by atoms with Crippen LogP contribution in [0.5, 0.6) is 0 Å². The normalized spacial score (nSPS) is 20.1.